The molecule has 3 aromatic rings. The van der Waals surface area contributed by atoms with E-state index in [2.05, 4.69) is 4.98 Å². The number of carbonyl (C=O) groups is 2. The Kier molecular flexibility index (Phi) is 4.39. The van der Waals surface area contributed by atoms with Crippen LogP contribution in [0.1, 0.15) is 30.1 Å². The van der Waals surface area contributed by atoms with Crippen LogP contribution in [0.2, 0.25) is 0 Å². The van der Waals surface area contributed by atoms with Crippen LogP contribution in [0.15, 0.2) is 53.1 Å². The Balaban J connectivity index is 1.79. The minimum Gasteiger partial charge on any atom is -0.481 e. The van der Waals surface area contributed by atoms with E-state index in [0.29, 0.717) is 35.4 Å². The summed E-state index contributed by atoms with van der Waals surface area (Å²) in [4.78, 5) is 31.1. The van der Waals surface area contributed by atoms with Gasteiger partial charge in [-0.05, 0) is 44.0 Å². The lowest BCUT2D eigenvalue weighted by molar-refractivity contribution is -0.143. The molecule has 1 saturated heterocycles. The smallest absolute Gasteiger partial charge is 0.308 e. The number of likely N-dealkylation sites (tertiary alicyclic amines) is 1. The lowest BCUT2D eigenvalue weighted by Crippen LogP contribution is -2.47. The number of nitrogens with zero attached hydrogens (tertiary/aromatic N) is 2. The number of pyridine rings is 1. The molecule has 0 aliphatic carbocycles. The zero-order valence-electron chi connectivity index (χ0n) is 15.0. The van der Waals surface area contributed by atoms with Crippen LogP contribution in [-0.2, 0) is 4.79 Å². The van der Waals surface area contributed by atoms with E-state index in [-0.39, 0.29) is 18.5 Å². The highest BCUT2D eigenvalue weighted by molar-refractivity contribution is 6.07. The number of para-hydroxylation sites is 1. The molecule has 6 nitrogen and oxygen atoms in total. The molecule has 1 aliphatic heterocycles. The lowest BCUT2D eigenvalue weighted by atomic mass is 9.92. The predicted molar refractivity (Wildman–Crippen MR) is 100 cm³/mol. The van der Waals surface area contributed by atoms with Crippen molar-refractivity contribution in [2.75, 3.05) is 6.54 Å². The molecule has 1 fully saturated rings. The van der Waals surface area contributed by atoms with Crippen LogP contribution < -0.4 is 0 Å². The van der Waals surface area contributed by atoms with Crippen molar-refractivity contribution in [1.29, 1.82) is 0 Å². The minimum atomic E-state index is -0.851. The van der Waals surface area contributed by atoms with Gasteiger partial charge in [0.15, 0.2) is 5.76 Å². The molecule has 0 bridgehead atoms. The average molecular weight is 364 g/mol. The Morgan fingerprint density at radius 3 is 2.74 bits per heavy atom. The first kappa shape index (κ1) is 17.3. The van der Waals surface area contributed by atoms with Gasteiger partial charge in [-0.3, -0.25) is 9.59 Å². The molecule has 2 unspecified atom stereocenters. The second-order valence-corrected chi connectivity index (χ2v) is 6.97. The Morgan fingerprint density at radius 1 is 1.19 bits per heavy atom. The van der Waals surface area contributed by atoms with E-state index in [1.165, 1.54) is 0 Å². The highest BCUT2D eigenvalue weighted by Crippen LogP contribution is 2.29. The third-order valence-electron chi connectivity index (χ3n) is 5.21. The number of aliphatic carboxylic acids is 1. The fourth-order valence-corrected chi connectivity index (χ4v) is 3.65. The molecule has 0 spiro atoms. The SMILES string of the molecule is CC1CCC(C(=O)O)CN1C(=O)c1cc(-c2ccco2)nc2ccccc12. The number of carboxylic acids is 1. The van der Waals surface area contributed by atoms with Crippen molar-refractivity contribution in [3.05, 3.63) is 54.3 Å². The quantitative estimate of drug-likeness (QED) is 0.764. The van der Waals surface area contributed by atoms with Gasteiger partial charge in [0.05, 0.1) is 23.3 Å². The van der Waals surface area contributed by atoms with E-state index in [1.807, 2.05) is 31.2 Å². The largest absolute Gasteiger partial charge is 0.481 e. The number of carbonyl (C=O) groups excluding carboxylic acids is 1. The first-order valence-corrected chi connectivity index (χ1v) is 9.02. The molecule has 1 amide bonds. The fraction of sp³-hybridized carbons (Fsp3) is 0.286. The third kappa shape index (κ3) is 3.18. The molecule has 3 heterocycles. The minimum absolute atomic E-state index is 0.00732. The Morgan fingerprint density at radius 2 is 2.00 bits per heavy atom. The van der Waals surface area contributed by atoms with Crippen molar-refractivity contribution in [1.82, 2.24) is 9.88 Å². The number of hydrogen-bond acceptors (Lipinski definition) is 4. The van der Waals surface area contributed by atoms with Crippen LogP contribution in [0.5, 0.6) is 0 Å². The van der Waals surface area contributed by atoms with Gasteiger partial charge in [0.25, 0.3) is 5.91 Å². The van der Waals surface area contributed by atoms with E-state index >= 15 is 0 Å². The van der Waals surface area contributed by atoms with Gasteiger partial charge in [-0.2, -0.15) is 0 Å². The Labute approximate surface area is 156 Å². The summed E-state index contributed by atoms with van der Waals surface area (Å²) in [5, 5.41) is 10.1. The molecular formula is C21H20N2O4. The molecule has 2 aromatic heterocycles. The highest BCUT2D eigenvalue weighted by atomic mass is 16.4. The van der Waals surface area contributed by atoms with Gasteiger partial charge in [-0.25, -0.2) is 4.98 Å². The van der Waals surface area contributed by atoms with E-state index in [9.17, 15) is 14.7 Å². The van der Waals surface area contributed by atoms with Crippen molar-refractivity contribution >= 4 is 22.8 Å². The zero-order chi connectivity index (χ0) is 19.0. The average Bonchev–Trinajstić information content (AvgIpc) is 3.21. The van der Waals surface area contributed by atoms with Crippen molar-refractivity contribution in [2.24, 2.45) is 5.92 Å². The van der Waals surface area contributed by atoms with Crippen molar-refractivity contribution in [3.8, 4) is 11.5 Å². The van der Waals surface area contributed by atoms with Crippen LogP contribution in [0.4, 0.5) is 0 Å². The zero-order valence-corrected chi connectivity index (χ0v) is 15.0. The summed E-state index contributed by atoms with van der Waals surface area (Å²) in [5.41, 5.74) is 1.81. The summed E-state index contributed by atoms with van der Waals surface area (Å²) in [7, 11) is 0. The predicted octanol–water partition coefficient (Wildman–Crippen LogP) is 3.82. The second kappa shape index (κ2) is 6.87. The number of amides is 1. The molecule has 4 rings (SSSR count). The molecule has 1 aliphatic rings. The topological polar surface area (TPSA) is 83.6 Å². The highest BCUT2D eigenvalue weighted by Gasteiger charge is 2.33. The van der Waals surface area contributed by atoms with Gasteiger partial charge in [-0.15, -0.1) is 0 Å². The maximum absolute atomic E-state index is 13.4. The van der Waals surface area contributed by atoms with Crippen molar-refractivity contribution < 1.29 is 19.1 Å². The standard InChI is InChI=1S/C21H20N2O4/c1-13-8-9-14(21(25)26)12-23(13)20(24)16-11-18(19-7-4-10-27-19)22-17-6-3-2-5-15(16)17/h2-7,10-11,13-14H,8-9,12H2,1H3,(H,25,26). The maximum atomic E-state index is 13.4. The monoisotopic (exact) mass is 364 g/mol. The molecule has 0 radical (unpaired) electrons. The Bertz CT molecular complexity index is 997. The molecule has 1 N–H and O–H groups in total. The van der Waals surface area contributed by atoms with Gasteiger partial charge in [0.2, 0.25) is 0 Å². The van der Waals surface area contributed by atoms with Crippen LogP contribution in [0, 0.1) is 5.92 Å². The lowest BCUT2D eigenvalue weighted by Gasteiger charge is -2.36. The molecule has 6 heteroatoms. The van der Waals surface area contributed by atoms with Gasteiger partial charge >= 0.3 is 5.97 Å². The van der Waals surface area contributed by atoms with Crippen molar-refractivity contribution in [2.45, 2.75) is 25.8 Å². The summed E-state index contributed by atoms with van der Waals surface area (Å²) >= 11 is 0. The van der Waals surface area contributed by atoms with Crippen LogP contribution in [0.25, 0.3) is 22.4 Å². The first-order chi connectivity index (χ1) is 13.0. The molecular weight excluding hydrogens is 344 g/mol. The summed E-state index contributed by atoms with van der Waals surface area (Å²) in [5.74, 6) is -0.955. The van der Waals surface area contributed by atoms with Crippen LogP contribution >= 0.6 is 0 Å². The van der Waals surface area contributed by atoms with E-state index in [0.717, 1.165) is 5.39 Å². The van der Waals surface area contributed by atoms with Crippen LogP contribution in [0.3, 0.4) is 0 Å². The molecule has 0 saturated carbocycles. The number of aromatic nitrogens is 1. The van der Waals surface area contributed by atoms with Gasteiger partial charge < -0.3 is 14.4 Å². The Hall–Kier alpha value is -3.15. The fourth-order valence-electron chi connectivity index (χ4n) is 3.65. The third-order valence-corrected chi connectivity index (χ3v) is 5.21. The summed E-state index contributed by atoms with van der Waals surface area (Å²) in [6, 6.07) is 12.8. The number of rotatable bonds is 3. The summed E-state index contributed by atoms with van der Waals surface area (Å²) in [6.45, 7) is 2.19. The van der Waals surface area contributed by atoms with Crippen molar-refractivity contribution in [3.63, 3.8) is 0 Å². The van der Waals surface area contributed by atoms with E-state index in [1.54, 1.807) is 29.4 Å². The summed E-state index contributed by atoms with van der Waals surface area (Å²) < 4.78 is 5.45. The normalized spacial score (nSPS) is 20.0. The number of fused-ring (bicyclic) bond motifs is 1. The summed E-state index contributed by atoms with van der Waals surface area (Å²) in [6.07, 6.45) is 2.84. The number of furan rings is 1. The number of hydrogen-bond donors (Lipinski definition) is 1. The van der Waals surface area contributed by atoms with E-state index < -0.39 is 11.9 Å². The molecule has 1 aromatic carbocycles. The number of piperidine rings is 1. The number of benzene rings is 1. The van der Waals surface area contributed by atoms with Gasteiger partial charge in [-0.1, -0.05) is 18.2 Å². The van der Waals surface area contributed by atoms with Gasteiger partial charge in [0, 0.05) is 18.0 Å². The van der Waals surface area contributed by atoms with E-state index in [4.69, 9.17) is 4.42 Å². The first-order valence-electron chi connectivity index (χ1n) is 9.02. The molecule has 27 heavy (non-hydrogen) atoms. The second-order valence-electron chi connectivity index (χ2n) is 6.97. The van der Waals surface area contributed by atoms with Gasteiger partial charge in [0.1, 0.15) is 5.69 Å². The number of carboxylic acid groups (broad SMARTS) is 1. The molecule has 138 valence electrons. The van der Waals surface area contributed by atoms with Crippen LogP contribution in [-0.4, -0.2) is 39.5 Å². The maximum Gasteiger partial charge on any atom is 0.308 e. The molecule has 2 atom stereocenters.